The molecule has 9 heavy (non-hydrogen) atoms. The van der Waals surface area contributed by atoms with E-state index < -0.39 is 0 Å². The number of hydrogen-bond donors (Lipinski definition) is 0. The normalized spacial score (nSPS) is 10.1. The summed E-state index contributed by atoms with van der Waals surface area (Å²) in [5.74, 6) is 2.34. The average molecular weight is 318 g/mol. The van der Waals surface area contributed by atoms with Crippen LogP contribution in [0.25, 0.3) is 0 Å². The molecule has 1 heterocycles. The van der Waals surface area contributed by atoms with Gasteiger partial charge in [0.2, 0.25) is 0 Å². The van der Waals surface area contributed by atoms with Crippen LogP contribution in [0.2, 0.25) is 5.82 Å². The second-order valence-electron chi connectivity index (χ2n) is 1.77. The van der Waals surface area contributed by atoms with E-state index in [0.717, 1.165) is 44.0 Å². The summed E-state index contributed by atoms with van der Waals surface area (Å²) in [5.41, 5.74) is 0. The average Bonchev–Trinajstić information content (AvgIpc) is 2.13. The molecule has 0 atom stereocenters. The van der Waals surface area contributed by atoms with Crippen LogP contribution >= 0.6 is 0 Å². The van der Waals surface area contributed by atoms with Crippen LogP contribution in [0.3, 0.4) is 0 Å². The molecule has 0 amide bonds. The fourth-order valence-corrected chi connectivity index (χ4v) is 11.2. The van der Waals surface area contributed by atoms with Crippen molar-refractivity contribution in [1.82, 2.24) is 0 Å². The quantitative estimate of drug-likeness (QED) is 0.643. The standard InChI is InChI=1S/C6H9Se3/c1-4-5(2)9-6(7-3)8-4/h1-3H3/q+1. The number of rotatable bonds is 1. The molecule has 1 aromatic rings. The van der Waals surface area contributed by atoms with E-state index in [-0.39, 0.29) is 0 Å². The van der Waals surface area contributed by atoms with Crippen LogP contribution < -0.4 is 2.21 Å². The van der Waals surface area contributed by atoms with Gasteiger partial charge in [-0.3, -0.25) is 0 Å². The van der Waals surface area contributed by atoms with Crippen LogP contribution in [-0.2, 0) is 0 Å². The summed E-state index contributed by atoms with van der Waals surface area (Å²) < 4.78 is 5.32. The van der Waals surface area contributed by atoms with Crippen molar-refractivity contribution in [3.05, 3.63) is 8.87 Å². The van der Waals surface area contributed by atoms with Crippen LogP contribution in [0.1, 0.15) is 8.87 Å². The van der Waals surface area contributed by atoms with Crippen molar-refractivity contribution in [3.63, 3.8) is 0 Å². The summed E-state index contributed by atoms with van der Waals surface area (Å²) in [7, 11) is 0. The van der Waals surface area contributed by atoms with Crippen molar-refractivity contribution in [2.24, 2.45) is 0 Å². The van der Waals surface area contributed by atoms with Crippen LogP contribution in [-0.4, -0.2) is 44.0 Å². The van der Waals surface area contributed by atoms with E-state index in [9.17, 15) is 0 Å². The molecule has 0 unspecified atom stereocenters. The second-order valence-corrected chi connectivity index (χ2v) is 12.6. The van der Waals surface area contributed by atoms with Gasteiger partial charge < -0.3 is 0 Å². The predicted octanol–water partition coefficient (Wildman–Crippen LogP) is 0.0761. The summed E-state index contributed by atoms with van der Waals surface area (Å²) in [5, 5.41) is 0. The van der Waals surface area contributed by atoms with Gasteiger partial charge in [-0.15, -0.1) is 0 Å². The Kier molecular flexibility index (Phi) is 3.24. The van der Waals surface area contributed by atoms with E-state index >= 15 is 0 Å². The van der Waals surface area contributed by atoms with Crippen molar-refractivity contribution < 1.29 is 0 Å². The minimum absolute atomic E-state index is 0.818. The maximum atomic E-state index is 2.34. The van der Waals surface area contributed by atoms with Crippen molar-refractivity contribution in [2.75, 3.05) is 0 Å². The minimum atomic E-state index is 0.818. The van der Waals surface area contributed by atoms with Crippen LogP contribution in [0.15, 0.2) is 0 Å². The van der Waals surface area contributed by atoms with E-state index in [1.54, 1.807) is 8.87 Å². The summed E-state index contributed by atoms with van der Waals surface area (Å²) in [6.45, 7) is 4.60. The second kappa shape index (κ2) is 3.53. The summed E-state index contributed by atoms with van der Waals surface area (Å²) in [6.07, 6.45) is 0. The molecule has 0 saturated heterocycles. The molecule has 0 aliphatic rings. The molecule has 0 aromatic carbocycles. The first kappa shape index (κ1) is 8.27. The van der Waals surface area contributed by atoms with Gasteiger partial charge in [0.15, 0.2) is 0 Å². The molecule has 0 aliphatic carbocycles. The van der Waals surface area contributed by atoms with Crippen molar-refractivity contribution in [2.45, 2.75) is 19.7 Å². The molecule has 0 radical (unpaired) electrons. The van der Waals surface area contributed by atoms with E-state index in [0.29, 0.717) is 0 Å². The first-order valence-electron chi connectivity index (χ1n) is 2.68. The Morgan fingerprint density at radius 1 is 1.44 bits per heavy atom. The molecule has 3 heteroatoms. The van der Waals surface area contributed by atoms with Crippen LogP contribution in [0, 0.1) is 13.8 Å². The van der Waals surface area contributed by atoms with E-state index in [1.807, 2.05) is 2.21 Å². The zero-order valence-corrected chi connectivity index (χ0v) is 10.9. The molecular weight excluding hydrogens is 309 g/mol. The number of aryl methyl sites for hydroxylation is 2. The third-order valence-corrected chi connectivity index (χ3v) is 13.0. The van der Waals surface area contributed by atoms with Gasteiger partial charge >= 0.3 is 74.7 Å². The first-order chi connectivity index (χ1) is 4.24. The Labute approximate surface area is 74.3 Å². The topological polar surface area (TPSA) is 0 Å². The Morgan fingerprint density at radius 2 is 2.11 bits per heavy atom. The van der Waals surface area contributed by atoms with Crippen molar-refractivity contribution in [3.8, 4) is 0 Å². The van der Waals surface area contributed by atoms with Gasteiger partial charge in [0, 0.05) is 0 Å². The molecule has 1 rings (SSSR count). The van der Waals surface area contributed by atoms with Crippen LogP contribution in [0.4, 0.5) is 0 Å². The molecule has 0 N–H and O–H groups in total. The van der Waals surface area contributed by atoms with Crippen molar-refractivity contribution >= 4 is 46.2 Å². The fraction of sp³-hybridized carbons (Fsp3) is 0.500. The Morgan fingerprint density at radius 3 is 2.33 bits per heavy atom. The maximum absolute atomic E-state index is 2.34. The molecule has 50 valence electrons. The van der Waals surface area contributed by atoms with Gasteiger partial charge in [0.05, 0.1) is 0 Å². The Bertz CT molecular complexity index is 183. The fourth-order valence-electron chi connectivity index (χ4n) is 0.498. The summed E-state index contributed by atoms with van der Waals surface area (Å²) in [6, 6.07) is 0. The van der Waals surface area contributed by atoms with Gasteiger partial charge in [-0.2, -0.15) is 0 Å². The van der Waals surface area contributed by atoms with Gasteiger partial charge in [-0.25, -0.2) is 0 Å². The molecular formula is C6H9Se3+. The van der Waals surface area contributed by atoms with Crippen molar-refractivity contribution in [1.29, 1.82) is 0 Å². The van der Waals surface area contributed by atoms with E-state index in [2.05, 4.69) is 19.7 Å². The Balaban J connectivity index is 2.98. The molecule has 0 bridgehead atoms. The Hall–Kier alpha value is 1.17. The summed E-state index contributed by atoms with van der Waals surface area (Å²) >= 11 is 2.48. The first-order valence-corrected chi connectivity index (χ1v) is 8.67. The van der Waals surface area contributed by atoms with Gasteiger partial charge in [0.1, 0.15) is 0 Å². The zero-order chi connectivity index (χ0) is 6.85. The molecule has 0 fully saturated rings. The monoisotopic (exact) mass is 321 g/mol. The summed E-state index contributed by atoms with van der Waals surface area (Å²) in [4.78, 5) is 0. The zero-order valence-electron chi connectivity index (χ0n) is 5.72. The molecule has 0 saturated carbocycles. The van der Waals surface area contributed by atoms with E-state index in [4.69, 9.17) is 0 Å². The molecule has 0 nitrogen and oxygen atoms in total. The molecule has 0 spiro atoms. The van der Waals surface area contributed by atoms with Crippen LogP contribution in [0.5, 0.6) is 0 Å². The third-order valence-electron chi connectivity index (χ3n) is 1.14. The van der Waals surface area contributed by atoms with E-state index in [1.165, 1.54) is 0 Å². The SMILES string of the molecule is C[Se]c1[se]c(C)c(C)[se+]1. The number of hydrogen-bond acceptors (Lipinski definition) is 0. The molecule has 1 aromatic heterocycles. The molecule has 0 aliphatic heterocycles. The third kappa shape index (κ3) is 2.05. The predicted molar refractivity (Wildman–Crippen MR) is 45.5 cm³/mol. The van der Waals surface area contributed by atoms with Gasteiger partial charge in [0.25, 0.3) is 0 Å². The van der Waals surface area contributed by atoms with Gasteiger partial charge in [-0.1, -0.05) is 0 Å². The van der Waals surface area contributed by atoms with Gasteiger partial charge in [-0.05, 0) is 0 Å².